The number of aliphatic hydroxyl groups is 1. The number of carbonyl (C=O) groups is 1. The molecule has 1 amide bonds. The molecule has 1 saturated carbocycles. The largest absolute Gasteiger partial charge is 0.465 e. The van der Waals surface area contributed by atoms with Crippen LogP contribution in [0.1, 0.15) is 64.0 Å². The zero-order valence-electron chi connectivity index (χ0n) is 16.0. The lowest BCUT2D eigenvalue weighted by Crippen LogP contribution is -2.27. The maximum atomic E-state index is 13.2. The lowest BCUT2D eigenvalue weighted by atomic mass is 10.0. The van der Waals surface area contributed by atoms with Crippen molar-refractivity contribution in [1.82, 2.24) is 15.3 Å². The predicted octanol–water partition coefficient (Wildman–Crippen LogP) is 2.68. The van der Waals surface area contributed by atoms with Crippen LogP contribution in [0.5, 0.6) is 0 Å². The van der Waals surface area contributed by atoms with Gasteiger partial charge in [-0.15, -0.1) is 0 Å². The number of aromatic nitrogens is 2. The summed E-state index contributed by atoms with van der Waals surface area (Å²) in [6.45, 7) is 4.92. The quantitative estimate of drug-likeness (QED) is 0.614. The van der Waals surface area contributed by atoms with Gasteiger partial charge < -0.3 is 26.0 Å². The molecule has 0 spiro atoms. The Morgan fingerprint density at radius 2 is 2.00 bits per heavy atom. The van der Waals surface area contributed by atoms with E-state index in [-0.39, 0.29) is 29.8 Å². The summed E-state index contributed by atoms with van der Waals surface area (Å²) in [6, 6.07) is 0.0255. The van der Waals surface area contributed by atoms with Crippen molar-refractivity contribution in [3.05, 3.63) is 17.7 Å². The SMILES string of the molecule is CC(C)NC(=O)O.Nc1ncc(F)c(C2CCCC2)n1.OC1CCCOC1. The third-order valence-electron chi connectivity index (χ3n) is 4.08. The average Bonchev–Trinajstić information content (AvgIpc) is 3.12. The number of nitrogens with zero attached hydrogens (tertiary/aromatic N) is 2. The molecule has 0 radical (unpaired) electrons. The zero-order chi connectivity index (χ0) is 20.2. The van der Waals surface area contributed by atoms with E-state index in [2.05, 4.69) is 15.3 Å². The first-order valence-electron chi connectivity index (χ1n) is 9.32. The van der Waals surface area contributed by atoms with Gasteiger partial charge in [-0.1, -0.05) is 12.8 Å². The summed E-state index contributed by atoms with van der Waals surface area (Å²) in [7, 11) is 0. The van der Waals surface area contributed by atoms with Crippen molar-refractivity contribution in [3.8, 4) is 0 Å². The summed E-state index contributed by atoms with van der Waals surface area (Å²) in [6.07, 6.45) is 6.31. The lowest BCUT2D eigenvalue weighted by Gasteiger charge is -2.15. The molecule has 1 unspecified atom stereocenters. The minimum atomic E-state index is -0.963. The molecular formula is C18H31FN4O4. The van der Waals surface area contributed by atoms with Crippen LogP contribution in [-0.2, 0) is 4.74 Å². The molecule has 2 aliphatic rings. The summed E-state index contributed by atoms with van der Waals surface area (Å²) in [5, 5.41) is 19.0. The fourth-order valence-electron chi connectivity index (χ4n) is 2.85. The Morgan fingerprint density at radius 3 is 2.41 bits per heavy atom. The highest BCUT2D eigenvalue weighted by Gasteiger charge is 2.22. The molecule has 1 aliphatic heterocycles. The van der Waals surface area contributed by atoms with E-state index < -0.39 is 6.09 Å². The molecule has 1 aliphatic carbocycles. The summed E-state index contributed by atoms with van der Waals surface area (Å²) >= 11 is 0. The van der Waals surface area contributed by atoms with Crippen LogP contribution in [-0.4, -0.2) is 51.6 Å². The molecule has 8 nitrogen and oxygen atoms in total. The first-order chi connectivity index (χ1) is 12.8. The number of aliphatic hydroxyl groups excluding tert-OH is 1. The van der Waals surface area contributed by atoms with Crippen LogP contribution >= 0.6 is 0 Å². The molecule has 9 heteroatoms. The minimum absolute atomic E-state index is 0.0255. The van der Waals surface area contributed by atoms with E-state index >= 15 is 0 Å². The molecule has 0 bridgehead atoms. The zero-order valence-corrected chi connectivity index (χ0v) is 16.0. The van der Waals surface area contributed by atoms with Gasteiger partial charge in [0.15, 0.2) is 5.82 Å². The molecular weight excluding hydrogens is 355 g/mol. The standard InChI is InChI=1S/C9H12FN3.C5H10O2.C4H9NO2/c10-7-5-12-9(11)13-8(7)6-3-1-2-4-6;6-5-2-1-3-7-4-5;1-3(2)5-4(6)7/h5-6H,1-4H2,(H2,11,12,13);5-6H,1-4H2;3,5H,1-2H3,(H,6,7). The Labute approximate surface area is 159 Å². The van der Waals surface area contributed by atoms with Gasteiger partial charge in [-0.25, -0.2) is 19.2 Å². The van der Waals surface area contributed by atoms with Gasteiger partial charge in [0.1, 0.15) is 0 Å². The number of halogens is 1. The third kappa shape index (κ3) is 10.0. The molecule has 5 N–H and O–H groups in total. The minimum Gasteiger partial charge on any atom is -0.465 e. The maximum absolute atomic E-state index is 13.2. The van der Waals surface area contributed by atoms with Crippen molar-refractivity contribution >= 4 is 12.0 Å². The van der Waals surface area contributed by atoms with E-state index in [0.29, 0.717) is 12.3 Å². The number of ether oxygens (including phenoxy) is 1. The Kier molecular flexibility index (Phi) is 10.6. The smallest absolute Gasteiger partial charge is 0.404 e. The number of nitrogen functional groups attached to an aromatic ring is 1. The number of nitrogens with one attached hydrogen (secondary N) is 1. The topological polar surface area (TPSA) is 131 Å². The number of amides is 1. The second kappa shape index (κ2) is 12.4. The first kappa shape index (κ1) is 23.0. The third-order valence-corrected chi connectivity index (χ3v) is 4.08. The van der Waals surface area contributed by atoms with E-state index in [9.17, 15) is 9.18 Å². The second-order valence-corrected chi connectivity index (χ2v) is 6.92. The van der Waals surface area contributed by atoms with Crippen LogP contribution in [0.25, 0.3) is 0 Å². The summed E-state index contributed by atoms with van der Waals surface area (Å²) in [4.78, 5) is 17.2. The fourth-order valence-corrected chi connectivity index (χ4v) is 2.85. The first-order valence-corrected chi connectivity index (χ1v) is 9.32. The van der Waals surface area contributed by atoms with E-state index in [1.54, 1.807) is 13.8 Å². The Balaban J connectivity index is 0.000000223. The lowest BCUT2D eigenvalue weighted by molar-refractivity contribution is -0.00535. The molecule has 27 heavy (non-hydrogen) atoms. The molecule has 1 aromatic heterocycles. The van der Waals surface area contributed by atoms with E-state index in [1.165, 1.54) is 0 Å². The van der Waals surface area contributed by atoms with Gasteiger partial charge in [-0.05, 0) is 39.5 Å². The van der Waals surface area contributed by atoms with Gasteiger partial charge in [0.05, 0.1) is 24.6 Å². The van der Waals surface area contributed by atoms with Gasteiger partial charge in [0.25, 0.3) is 0 Å². The van der Waals surface area contributed by atoms with Crippen LogP contribution in [0.2, 0.25) is 0 Å². The van der Waals surface area contributed by atoms with E-state index in [0.717, 1.165) is 51.3 Å². The summed E-state index contributed by atoms with van der Waals surface area (Å²) in [5.41, 5.74) is 5.91. The van der Waals surface area contributed by atoms with Crippen molar-refractivity contribution in [2.24, 2.45) is 0 Å². The Hall–Kier alpha value is -2.00. The van der Waals surface area contributed by atoms with Crippen LogP contribution < -0.4 is 11.1 Å². The van der Waals surface area contributed by atoms with Gasteiger partial charge >= 0.3 is 6.09 Å². The highest BCUT2D eigenvalue weighted by Crippen LogP contribution is 2.34. The molecule has 2 fully saturated rings. The van der Waals surface area contributed by atoms with Gasteiger partial charge in [0, 0.05) is 18.6 Å². The fraction of sp³-hybridized carbons (Fsp3) is 0.722. The molecule has 3 rings (SSSR count). The number of nitrogens with two attached hydrogens (primary N) is 1. The molecule has 154 valence electrons. The van der Waals surface area contributed by atoms with Crippen LogP contribution in [0.15, 0.2) is 6.20 Å². The Bertz CT molecular complexity index is 562. The molecule has 1 aromatic rings. The van der Waals surface area contributed by atoms with Gasteiger partial charge in [0.2, 0.25) is 5.95 Å². The summed E-state index contributed by atoms with van der Waals surface area (Å²) in [5.74, 6) is 0.106. The monoisotopic (exact) mass is 386 g/mol. The number of anilines is 1. The van der Waals surface area contributed by atoms with E-state index in [1.807, 2.05) is 0 Å². The number of rotatable bonds is 2. The van der Waals surface area contributed by atoms with Crippen molar-refractivity contribution in [1.29, 1.82) is 0 Å². The highest BCUT2D eigenvalue weighted by molar-refractivity contribution is 5.64. The Morgan fingerprint density at radius 1 is 1.33 bits per heavy atom. The maximum Gasteiger partial charge on any atom is 0.404 e. The number of hydrogen-bond donors (Lipinski definition) is 4. The van der Waals surface area contributed by atoms with E-state index in [4.69, 9.17) is 20.7 Å². The number of hydrogen-bond acceptors (Lipinski definition) is 6. The van der Waals surface area contributed by atoms with Gasteiger partial charge in [-0.3, -0.25) is 0 Å². The van der Waals surface area contributed by atoms with Crippen LogP contribution in [0.3, 0.4) is 0 Å². The van der Waals surface area contributed by atoms with Crippen LogP contribution in [0.4, 0.5) is 15.1 Å². The summed E-state index contributed by atoms with van der Waals surface area (Å²) < 4.78 is 18.2. The van der Waals surface area contributed by atoms with Crippen molar-refractivity contribution in [2.75, 3.05) is 18.9 Å². The molecule has 0 aromatic carbocycles. The second-order valence-electron chi connectivity index (χ2n) is 6.92. The molecule has 1 saturated heterocycles. The average molecular weight is 386 g/mol. The predicted molar refractivity (Wildman–Crippen MR) is 100.0 cm³/mol. The van der Waals surface area contributed by atoms with Crippen molar-refractivity contribution < 1.29 is 24.1 Å². The van der Waals surface area contributed by atoms with Crippen molar-refractivity contribution in [3.63, 3.8) is 0 Å². The molecule has 2 heterocycles. The van der Waals surface area contributed by atoms with Gasteiger partial charge in [-0.2, -0.15) is 0 Å². The molecule has 1 atom stereocenters. The van der Waals surface area contributed by atoms with Crippen LogP contribution in [0, 0.1) is 5.82 Å². The normalized spacial score (nSPS) is 19.5. The van der Waals surface area contributed by atoms with Crippen molar-refractivity contribution in [2.45, 2.75) is 70.4 Å². The number of carboxylic acid groups (broad SMARTS) is 1. The highest BCUT2D eigenvalue weighted by atomic mass is 19.1.